The highest BCUT2D eigenvalue weighted by Gasteiger charge is 2.20. The second kappa shape index (κ2) is 11.3. The lowest BCUT2D eigenvalue weighted by Gasteiger charge is -2.33. The van der Waals surface area contributed by atoms with Crippen molar-refractivity contribution in [3.63, 3.8) is 0 Å². The van der Waals surface area contributed by atoms with Crippen LogP contribution >= 0.6 is 11.6 Å². The molecule has 1 unspecified atom stereocenters. The van der Waals surface area contributed by atoms with E-state index in [1.165, 1.54) is 7.11 Å². The van der Waals surface area contributed by atoms with E-state index in [-0.39, 0.29) is 11.9 Å². The molecule has 0 saturated carbocycles. The van der Waals surface area contributed by atoms with Crippen LogP contribution in [-0.2, 0) is 9.53 Å². The molecule has 1 N–H and O–H groups in total. The molecule has 164 valence electrons. The average molecular weight is 431 g/mol. The molecule has 0 radical (unpaired) electrons. The van der Waals surface area contributed by atoms with Crippen LogP contribution in [0.2, 0.25) is 5.02 Å². The van der Waals surface area contributed by atoms with Crippen LogP contribution in [0.15, 0.2) is 42.5 Å². The molecular formula is C25H35ClN2O2. The van der Waals surface area contributed by atoms with Crippen LogP contribution < -0.4 is 10.2 Å². The first-order chi connectivity index (χ1) is 14.2. The molecule has 5 heteroatoms. The maximum Gasteiger partial charge on any atom is 0.306 e. The van der Waals surface area contributed by atoms with E-state index in [1.807, 2.05) is 24.3 Å². The highest BCUT2D eigenvalue weighted by molar-refractivity contribution is 6.30. The van der Waals surface area contributed by atoms with Crippen molar-refractivity contribution in [3.05, 3.63) is 53.1 Å². The van der Waals surface area contributed by atoms with Gasteiger partial charge in [-0.2, -0.15) is 0 Å². The molecule has 0 aliphatic carbocycles. The van der Waals surface area contributed by atoms with E-state index < -0.39 is 0 Å². The molecule has 0 bridgehead atoms. The molecule has 1 atom stereocenters. The Morgan fingerprint density at radius 2 is 1.77 bits per heavy atom. The lowest BCUT2D eigenvalue weighted by atomic mass is 9.92. The third kappa shape index (κ3) is 6.66. The van der Waals surface area contributed by atoms with Gasteiger partial charge in [0.15, 0.2) is 0 Å². The minimum Gasteiger partial charge on any atom is -0.469 e. The summed E-state index contributed by atoms with van der Waals surface area (Å²) >= 11 is 6.06. The van der Waals surface area contributed by atoms with Gasteiger partial charge < -0.3 is 15.0 Å². The summed E-state index contributed by atoms with van der Waals surface area (Å²) in [4.78, 5) is 14.3. The third-order valence-corrected chi connectivity index (χ3v) is 5.50. The largest absolute Gasteiger partial charge is 0.469 e. The number of benzene rings is 2. The molecule has 2 rings (SSSR count). The van der Waals surface area contributed by atoms with Crippen molar-refractivity contribution < 1.29 is 9.53 Å². The van der Waals surface area contributed by atoms with Gasteiger partial charge in [-0.05, 0) is 74.1 Å². The molecule has 0 saturated heterocycles. The van der Waals surface area contributed by atoms with E-state index >= 15 is 0 Å². The quantitative estimate of drug-likeness (QED) is 0.411. The van der Waals surface area contributed by atoms with Crippen molar-refractivity contribution in [2.45, 2.75) is 59.4 Å². The first-order valence-electron chi connectivity index (χ1n) is 10.7. The Morgan fingerprint density at radius 1 is 1.10 bits per heavy atom. The van der Waals surface area contributed by atoms with Gasteiger partial charge in [0.2, 0.25) is 0 Å². The van der Waals surface area contributed by atoms with Crippen molar-refractivity contribution in [1.29, 1.82) is 0 Å². The van der Waals surface area contributed by atoms with Gasteiger partial charge in [0.05, 0.1) is 24.9 Å². The van der Waals surface area contributed by atoms with Crippen LogP contribution in [0.1, 0.15) is 58.9 Å². The van der Waals surface area contributed by atoms with Crippen molar-refractivity contribution in [2.24, 2.45) is 5.92 Å². The Balaban J connectivity index is 2.49. The van der Waals surface area contributed by atoms with Gasteiger partial charge in [-0.25, -0.2) is 0 Å². The average Bonchev–Trinajstić information content (AvgIpc) is 2.71. The molecule has 0 amide bonds. The molecule has 0 spiro atoms. The maximum atomic E-state index is 11.9. The number of halogens is 1. The number of ether oxygens (including phenoxy) is 1. The van der Waals surface area contributed by atoms with Crippen LogP contribution in [0.25, 0.3) is 0 Å². The maximum absolute atomic E-state index is 11.9. The summed E-state index contributed by atoms with van der Waals surface area (Å²) in [6.45, 7) is 12.0. The van der Waals surface area contributed by atoms with E-state index in [9.17, 15) is 4.79 Å². The molecule has 30 heavy (non-hydrogen) atoms. The van der Waals surface area contributed by atoms with Crippen molar-refractivity contribution in [1.82, 2.24) is 0 Å². The fourth-order valence-corrected chi connectivity index (χ4v) is 3.74. The van der Waals surface area contributed by atoms with E-state index in [1.54, 1.807) is 0 Å². The summed E-state index contributed by atoms with van der Waals surface area (Å²) < 4.78 is 4.90. The van der Waals surface area contributed by atoms with Crippen LogP contribution in [-0.4, -0.2) is 25.7 Å². The minimum absolute atomic E-state index is 0.120. The highest BCUT2D eigenvalue weighted by atomic mass is 35.5. The smallest absolute Gasteiger partial charge is 0.306 e. The first kappa shape index (κ1) is 24.1. The highest BCUT2D eigenvalue weighted by Crippen LogP contribution is 2.36. The fraction of sp³-hybridized carbons (Fsp3) is 0.480. The number of methoxy groups -OCH3 is 1. The molecule has 0 fully saturated rings. The minimum atomic E-state index is -0.179. The van der Waals surface area contributed by atoms with Crippen LogP contribution in [0.3, 0.4) is 0 Å². The molecule has 0 aliphatic rings. The zero-order valence-corrected chi connectivity index (χ0v) is 19.8. The predicted molar refractivity (Wildman–Crippen MR) is 128 cm³/mol. The van der Waals surface area contributed by atoms with Crippen molar-refractivity contribution in [2.75, 3.05) is 23.9 Å². The molecule has 2 aromatic rings. The second-order valence-electron chi connectivity index (χ2n) is 8.43. The number of rotatable bonds is 10. The Hall–Kier alpha value is -2.20. The van der Waals surface area contributed by atoms with Gasteiger partial charge in [0, 0.05) is 23.3 Å². The van der Waals surface area contributed by atoms with Gasteiger partial charge in [-0.3, -0.25) is 4.79 Å². The van der Waals surface area contributed by atoms with Gasteiger partial charge >= 0.3 is 5.97 Å². The zero-order valence-electron chi connectivity index (χ0n) is 19.0. The van der Waals surface area contributed by atoms with Crippen molar-refractivity contribution in [3.8, 4) is 0 Å². The Kier molecular flexibility index (Phi) is 9.04. The number of carbonyl (C=O) groups is 1. The normalized spacial score (nSPS) is 12.2. The molecule has 2 aromatic carbocycles. The fourth-order valence-electron chi connectivity index (χ4n) is 3.61. The standard InChI is InChI=1S/C25H35ClN2O2/c1-7-19(15-25(29)30-6)20-8-13-24(28(18(4)5)16-17(2)3)23(14-20)27-22-11-9-21(26)10-12-22/h8-14,17-19,27H,7,15-16H2,1-6H3. The summed E-state index contributed by atoms with van der Waals surface area (Å²) in [6.07, 6.45) is 1.25. The lowest BCUT2D eigenvalue weighted by Crippen LogP contribution is -2.34. The second-order valence-corrected chi connectivity index (χ2v) is 8.87. The summed E-state index contributed by atoms with van der Waals surface area (Å²) in [5.74, 6) is 0.481. The summed E-state index contributed by atoms with van der Waals surface area (Å²) in [7, 11) is 1.44. The molecule has 0 aliphatic heterocycles. The van der Waals surface area contributed by atoms with E-state index in [2.05, 4.69) is 63.0 Å². The van der Waals surface area contributed by atoms with Gasteiger partial charge in [-0.1, -0.05) is 38.4 Å². The van der Waals surface area contributed by atoms with E-state index in [0.29, 0.717) is 23.4 Å². The summed E-state index contributed by atoms with van der Waals surface area (Å²) in [5.41, 5.74) is 4.31. The van der Waals surface area contributed by atoms with Gasteiger partial charge in [0.25, 0.3) is 0 Å². The molecule has 0 heterocycles. The predicted octanol–water partition coefficient (Wildman–Crippen LogP) is 7.01. The first-order valence-corrected chi connectivity index (χ1v) is 11.1. The van der Waals surface area contributed by atoms with E-state index in [4.69, 9.17) is 16.3 Å². The molecule has 0 aromatic heterocycles. The van der Waals surface area contributed by atoms with Crippen LogP contribution in [0.5, 0.6) is 0 Å². The SMILES string of the molecule is CCC(CC(=O)OC)c1ccc(N(CC(C)C)C(C)C)c(Nc2ccc(Cl)cc2)c1. The van der Waals surface area contributed by atoms with Crippen molar-refractivity contribution >= 4 is 34.6 Å². The number of esters is 1. The Bertz CT molecular complexity index is 818. The van der Waals surface area contributed by atoms with Gasteiger partial charge in [0.1, 0.15) is 0 Å². The van der Waals surface area contributed by atoms with E-state index in [0.717, 1.165) is 35.6 Å². The van der Waals surface area contributed by atoms with Crippen LogP contribution in [0.4, 0.5) is 17.1 Å². The monoisotopic (exact) mass is 430 g/mol. The Morgan fingerprint density at radius 3 is 2.30 bits per heavy atom. The zero-order chi connectivity index (χ0) is 22.3. The number of hydrogen-bond acceptors (Lipinski definition) is 4. The Labute approximate surface area is 186 Å². The van der Waals surface area contributed by atoms with Gasteiger partial charge in [-0.15, -0.1) is 0 Å². The number of hydrogen-bond donors (Lipinski definition) is 1. The number of nitrogens with zero attached hydrogens (tertiary/aromatic N) is 1. The lowest BCUT2D eigenvalue weighted by molar-refractivity contribution is -0.141. The topological polar surface area (TPSA) is 41.6 Å². The number of nitrogens with one attached hydrogen (secondary N) is 1. The molecular weight excluding hydrogens is 396 g/mol. The summed E-state index contributed by atoms with van der Waals surface area (Å²) in [6, 6.07) is 14.6. The summed E-state index contributed by atoms with van der Waals surface area (Å²) in [5, 5.41) is 4.29. The third-order valence-electron chi connectivity index (χ3n) is 5.24. The number of anilines is 3. The van der Waals surface area contributed by atoms with Crippen LogP contribution in [0, 0.1) is 5.92 Å². The number of carbonyl (C=O) groups excluding carboxylic acids is 1. The molecule has 4 nitrogen and oxygen atoms in total.